The molecule has 1 amide bonds. The van der Waals surface area contributed by atoms with Crippen molar-refractivity contribution >= 4 is 29.1 Å². The highest BCUT2D eigenvalue weighted by Crippen LogP contribution is 2.31. The van der Waals surface area contributed by atoms with Crippen LogP contribution in [0.5, 0.6) is 5.75 Å². The summed E-state index contributed by atoms with van der Waals surface area (Å²) in [5, 5.41) is 12.8. The van der Waals surface area contributed by atoms with Gasteiger partial charge in [0, 0.05) is 25.0 Å². The maximum atomic E-state index is 11.8. The number of hydrogen-bond acceptors (Lipinski definition) is 3. The Hall–Kier alpha value is -1.23. The number of amides is 1. The fraction of sp³-hybridized carbons (Fsp3) is 0.438. The Balaban J connectivity index is 1.65. The maximum Gasteiger partial charge on any atom is 0.220 e. The Morgan fingerprint density at radius 2 is 2.18 bits per heavy atom. The second kappa shape index (κ2) is 8.42. The van der Waals surface area contributed by atoms with Crippen LogP contribution in [0.15, 0.2) is 30.4 Å². The zero-order valence-electron chi connectivity index (χ0n) is 12.1. The average molecular weight is 344 g/mol. The van der Waals surface area contributed by atoms with Crippen LogP contribution < -0.4 is 10.1 Å². The number of rotatable bonds is 7. The SMILES string of the molecule is O=C(CCCOc1cccc(Cl)c1Cl)N[C@@H]1C=C[C@H](CO)C1. The fourth-order valence-electron chi connectivity index (χ4n) is 2.31. The highest BCUT2D eigenvalue weighted by Gasteiger charge is 2.19. The molecule has 0 aromatic heterocycles. The van der Waals surface area contributed by atoms with Crippen molar-refractivity contribution in [3.8, 4) is 5.75 Å². The molecule has 2 N–H and O–H groups in total. The summed E-state index contributed by atoms with van der Waals surface area (Å²) in [5.74, 6) is 0.659. The van der Waals surface area contributed by atoms with E-state index in [0.29, 0.717) is 35.2 Å². The predicted octanol–water partition coefficient (Wildman–Crippen LogP) is 3.21. The van der Waals surface area contributed by atoms with Gasteiger partial charge in [0.2, 0.25) is 5.91 Å². The van der Waals surface area contributed by atoms with Crippen molar-refractivity contribution in [2.24, 2.45) is 5.92 Å². The van der Waals surface area contributed by atoms with E-state index in [1.807, 2.05) is 12.2 Å². The number of hydrogen-bond donors (Lipinski definition) is 2. The van der Waals surface area contributed by atoms with Crippen LogP contribution in [0.2, 0.25) is 10.0 Å². The molecule has 0 saturated heterocycles. The molecule has 1 aliphatic carbocycles. The minimum atomic E-state index is -0.0194. The number of aliphatic hydroxyl groups excluding tert-OH is 1. The first kappa shape index (κ1) is 17.1. The summed E-state index contributed by atoms with van der Waals surface area (Å²) in [4.78, 5) is 11.8. The summed E-state index contributed by atoms with van der Waals surface area (Å²) in [5.41, 5.74) is 0. The van der Waals surface area contributed by atoms with Gasteiger partial charge in [-0.1, -0.05) is 41.4 Å². The lowest BCUT2D eigenvalue weighted by atomic mass is 10.1. The zero-order valence-corrected chi connectivity index (χ0v) is 13.6. The molecule has 0 bridgehead atoms. The zero-order chi connectivity index (χ0) is 15.9. The van der Waals surface area contributed by atoms with E-state index in [1.165, 1.54) is 0 Å². The number of halogens is 2. The largest absolute Gasteiger partial charge is 0.492 e. The molecule has 0 aliphatic heterocycles. The quantitative estimate of drug-likeness (QED) is 0.590. The molecule has 0 fully saturated rings. The van der Waals surface area contributed by atoms with Crippen LogP contribution in [0.1, 0.15) is 19.3 Å². The van der Waals surface area contributed by atoms with E-state index in [4.69, 9.17) is 33.0 Å². The molecule has 2 rings (SSSR count). The third-order valence-electron chi connectivity index (χ3n) is 3.48. The van der Waals surface area contributed by atoms with Crippen molar-refractivity contribution in [3.63, 3.8) is 0 Å². The molecule has 0 spiro atoms. The number of nitrogens with one attached hydrogen (secondary N) is 1. The van der Waals surface area contributed by atoms with Gasteiger partial charge >= 0.3 is 0 Å². The van der Waals surface area contributed by atoms with Gasteiger partial charge in [0.25, 0.3) is 0 Å². The molecule has 0 heterocycles. The molecule has 1 aromatic carbocycles. The lowest BCUT2D eigenvalue weighted by molar-refractivity contribution is -0.121. The van der Waals surface area contributed by atoms with E-state index in [9.17, 15) is 4.79 Å². The molecule has 2 atom stereocenters. The van der Waals surface area contributed by atoms with Crippen molar-refractivity contribution in [2.45, 2.75) is 25.3 Å². The normalized spacial score (nSPS) is 20.1. The Morgan fingerprint density at radius 3 is 2.91 bits per heavy atom. The van der Waals surface area contributed by atoms with E-state index in [1.54, 1.807) is 18.2 Å². The number of aliphatic hydroxyl groups is 1. The van der Waals surface area contributed by atoms with Gasteiger partial charge in [-0.3, -0.25) is 4.79 Å². The van der Waals surface area contributed by atoms with Gasteiger partial charge < -0.3 is 15.2 Å². The molecule has 1 aromatic rings. The van der Waals surface area contributed by atoms with Crippen molar-refractivity contribution < 1.29 is 14.6 Å². The summed E-state index contributed by atoms with van der Waals surface area (Å²) in [6, 6.07) is 5.22. The van der Waals surface area contributed by atoms with Gasteiger partial charge in [-0.05, 0) is 25.0 Å². The Labute approximate surface area is 140 Å². The highest BCUT2D eigenvalue weighted by molar-refractivity contribution is 6.42. The fourth-order valence-corrected chi connectivity index (χ4v) is 2.65. The van der Waals surface area contributed by atoms with Gasteiger partial charge in [0.05, 0.1) is 11.6 Å². The van der Waals surface area contributed by atoms with Crippen LogP contribution in [0, 0.1) is 5.92 Å². The molecule has 0 radical (unpaired) electrons. The second-order valence-electron chi connectivity index (χ2n) is 5.24. The third kappa shape index (κ3) is 4.90. The first-order valence-electron chi connectivity index (χ1n) is 7.25. The first-order valence-corrected chi connectivity index (χ1v) is 8.01. The average Bonchev–Trinajstić information content (AvgIpc) is 2.95. The monoisotopic (exact) mass is 343 g/mol. The van der Waals surface area contributed by atoms with E-state index >= 15 is 0 Å². The third-order valence-corrected chi connectivity index (χ3v) is 4.28. The maximum absolute atomic E-state index is 11.8. The second-order valence-corrected chi connectivity index (χ2v) is 6.03. The van der Waals surface area contributed by atoms with E-state index in [0.717, 1.165) is 6.42 Å². The lowest BCUT2D eigenvalue weighted by Crippen LogP contribution is -2.32. The standard InChI is InChI=1S/C16H19Cl2NO3/c17-13-3-1-4-14(16(13)18)22-8-2-5-15(21)19-12-7-6-11(9-12)10-20/h1,3-4,6-7,11-12,20H,2,5,8-10H2,(H,19,21)/t11-,12+/m0/s1. The van der Waals surface area contributed by atoms with Crippen molar-refractivity contribution in [1.82, 2.24) is 5.32 Å². The Kier molecular flexibility index (Phi) is 6.55. The summed E-state index contributed by atoms with van der Waals surface area (Å²) in [7, 11) is 0. The molecule has 120 valence electrons. The van der Waals surface area contributed by atoms with Crippen LogP contribution in [-0.4, -0.2) is 30.3 Å². The minimum Gasteiger partial charge on any atom is -0.492 e. The summed E-state index contributed by atoms with van der Waals surface area (Å²) < 4.78 is 5.53. The Morgan fingerprint density at radius 1 is 1.36 bits per heavy atom. The number of carbonyl (C=O) groups is 1. The highest BCUT2D eigenvalue weighted by atomic mass is 35.5. The van der Waals surface area contributed by atoms with Gasteiger partial charge in [0.1, 0.15) is 10.8 Å². The molecule has 6 heteroatoms. The predicted molar refractivity (Wildman–Crippen MR) is 87.5 cm³/mol. The van der Waals surface area contributed by atoms with E-state index in [2.05, 4.69) is 5.32 Å². The van der Waals surface area contributed by atoms with Crippen LogP contribution in [-0.2, 0) is 4.79 Å². The van der Waals surface area contributed by atoms with Gasteiger partial charge in [-0.15, -0.1) is 0 Å². The van der Waals surface area contributed by atoms with Crippen LogP contribution in [0.3, 0.4) is 0 Å². The topological polar surface area (TPSA) is 58.6 Å². The summed E-state index contributed by atoms with van der Waals surface area (Å²) in [6.45, 7) is 0.518. The molecule has 22 heavy (non-hydrogen) atoms. The van der Waals surface area contributed by atoms with E-state index < -0.39 is 0 Å². The molecular weight excluding hydrogens is 325 g/mol. The summed E-state index contributed by atoms with van der Waals surface area (Å²) in [6.07, 6.45) is 5.61. The van der Waals surface area contributed by atoms with Crippen LogP contribution in [0.4, 0.5) is 0 Å². The minimum absolute atomic E-state index is 0.0194. The first-order chi connectivity index (χ1) is 10.6. The number of benzene rings is 1. The van der Waals surface area contributed by atoms with Crippen molar-refractivity contribution in [3.05, 3.63) is 40.4 Å². The molecule has 0 saturated carbocycles. The number of carbonyl (C=O) groups excluding carboxylic acids is 1. The lowest BCUT2D eigenvalue weighted by Gasteiger charge is -2.13. The number of ether oxygens (including phenoxy) is 1. The molecular formula is C16H19Cl2NO3. The molecule has 4 nitrogen and oxygen atoms in total. The van der Waals surface area contributed by atoms with Crippen molar-refractivity contribution in [1.29, 1.82) is 0 Å². The molecule has 0 unspecified atom stereocenters. The van der Waals surface area contributed by atoms with Gasteiger partial charge in [0.15, 0.2) is 0 Å². The Bertz CT molecular complexity index is 548. The molecule has 1 aliphatic rings. The summed E-state index contributed by atoms with van der Waals surface area (Å²) >= 11 is 11.9. The van der Waals surface area contributed by atoms with Crippen molar-refractivity contribution in [2.75, 3.05) is 13.2 Å². The smallest absolute Gasteiger partial charge is 0.220 e. The van der Waals surface area contributed by atoms with Crippen LogP contribution >= 0.6 is 23.2 Å². The van der Waals surface area contributed by atoms with Gasteiger partial charge in [-0.2, -0.15) is 0 Å². The van der Waals surface area contributed by atoms with Crippen LogP contribution in [0.25, 0.3) is 0 Å². The van der Waals surface area contributed by atoms with Gasteiger partial charge in [-0.25, -0.2) is 0 Å². The van der Waals surface area contributed by atoms with E-state index in [-0.39, 0.29) is 24.5 Å².